The van der Waals surface area contributed by atoms with Gasteiger partial charge in [-0.05, 0) is 40.2 Å². The highest BCUT2D eigenvalue weighted by molar-refractivity contribution is 7.09. The van der Waals surface area contributed by atoms with Crippen molar-refractivity contribution in [2.24, 2.45) is 0 Å². The second-order valence-electron chi connectivity index (χ2n) is 6.31. The van der Waals surface area contributed by atoms with Gasteiger partial charge in [-0.2, -0.15) is 0 Å². The van der Waals surface area contributed by atoms with Gasteiger partial charge < -0.3 is 10.1 Å². The van der Waals surface area contributed by atoms with Crippen molar-refractivity contribution in [2.75, 3.05) is 0 Å². The Morgan fingerprint density at radius 2 is 2.00 bits per heavy atom. The minimum atomic E-state index is 0.0903. The van der Waals surface area contributed by atoms with Gasteiger partial charge in [0.05, 0.1) is 10.7 Å². The summed E-state index contributed by atoms with van der Waals surface area (Å²) >= 11 is 1.66. The Kier molecular flexibility index (Phi) is 5.01. The van der Waals surface area contributed by atoms with Crippen molar-refractivity contribution in [3.05, 3.63) is 45.4 Å². The minimum Gasteiger partial charge on any atom is -0.487 e. The molecule has 0 saturated carbocycles. The van der Waals surface area contributed by atoms with Crippen molar-refractivity contribution >= 4 is 11.3 Å². The molecule has 1 heterocycles. The van der Waals surface area contributed by atoms with Crippen molar-refractivity contribution in [2.45, 2.75) is 53.3 Å². The van der Waals surface area contributed by atoms with Gasteiger partial charge >= 0.3 is 0 Å². The third-order valence-electron chi connectivity index (χ3n) is 3.13. The number of nitrogens with zero attached hydrogens (tertiary/aromatic N) is 1. The quantitative estimate of drug-likeness (QED) is 0.897. The molecule has 21 heavy (non-hydrogen) atoms. The SMILES string of the molecule is Cc1nc(COc2c(C)cccc2CNC(C)(C)C)cs1. The van der Waals surface area contributed by atoms with Crippen LogP contribution in [0.5, 0.6) is 5.75 Å². The van der Waals surface area contributed by atoms with E-state index in [9.17, 15) is 0 Å². The second-order valence-corrected chi connectivity index (χ2v) is 7.38. The lowest BCUT2D eigenvalue weighted by atomic mass is 10.1. The predicted molar refractivity (Wildman–Crippen MR) is 89.0 cm³/mol. The fraction of sp³-hybridized carbons (Fsp3) is 0.471. The number of hydrogen-bond donors (Lipinski definition) is 1. The van der Waals surface area contributed by atoms with Gasteiger partial charge in [0.1, 0.15) is 12.4 Å². The highest BCUT2D eigenvalue weighted by Crippen LogP contribution is 2.25. The van der Waals surface area contributed by atoms with E-state index < -0.39 is 0 Å². The lowest BCUT2D eigenvalue weighted by molar-refractivity contribution is 0.294. The lowest BCUT2D eigenvalue weighted by Crippen LogP contribution is -2.35. The van der Waals surface area contributed by atoms with E-state index in [1.807, 2.05) is 6.92 Å². The zero-order valence-corrected chi connectivity index (χ0v) is 14.3. The summed E-state index contributed by atoms with van der Waals surface area (Å²) in [5.41, 5.74) is 3.44. The van der Waals surface area contributed by atoms with Crippen molar-refractivity contribution < 1.29 is 4.74 Å². The molecular formula is C17H24N2OS. The molecule has 114 valence electrons. The molecule has 0 atom stereocenters. The van der Waals surface area contributed by atoms with Crippen LogP contribution in [0.1, 0.15) is 42.6 Å². The van der Waals surface area contributed by atoms with Gasteiger partial charge in [-0.3, -0.25) is 0 Å². The Hall–Kier alpha value is -1.39. The molecule has 2 rings (SSSR count). The van der Waals surface area contributed by atoms with Crippen molar-refractivity contribution in [3.8, 4) is 5.75 Å². The van der Waals surface area contributed by atoms with Gasteiger partial charge in [0.15, 0.2) is 0 Å². The maximum Gasteiger partial charge on any atom is 0.131 e. The van der Waals surface area contributed by atoms with Crippen LogP contribution in [0.4, 0.5) is 0 Å². The highest BCUT2D eigenvalue weighted by atomic mass is 32.1. The van der Waals surface area contributed by atoms with Crippen LogP contribution in [0.15, 0.2) is 23.6 Å². The fourth-order valence-corrected chi connectivity index (χ4v) is 2.64. The lowest BCUT2D eigenvalue weighted by Gasteiger charge is -2.22. The molecule has 0 radical (unpaired) electrons. The standard InChI is InChI=1S/C17H24N2OS/c1-12-7-6-8-14(9-18-17(3,4)5)16(12)20-10-15-11-21-13(2)19-15/h6-8,11,18H,9-10H2,1-5H3. The van der Waals surface area contributed by atoms with Crippen molar-refractivity contribution in [1.29, 1.82) is 0 Å². The predicted octanol–water partition coefficient (Wildman–Crippen LogP) is 4.23. The molecule has 0 aliphatic carbocycles. The van der Waals surface area contributed by atoms with Gasteiger partial charge in [-0.15, -0.1) is 11.3 Å². The van der Waals surface area contributed by atoms with Crippen LogP contribution in [0, 0.1) is 13.8 Å². The van der Waals surface area contributed by atoms with E-state index in [2.05, 4.69) is 61.6 Å². The molecule has 0 amide bonds. The smallest absolute Gasteiger partial charge is 0.131 e. The van der Waals surface area contributed by atoms with E-state index in [1.165, 1.54) is 5.56 Å². The second kappa shape index (κ2) is 6.58. The molecule has 0 saturated heterocycles. The molecule has 3 nitrogen and oxygen atoms in total. The number of nitrogens with one attached hydrogen (secondary N) is 1. The summed E-state index contributed by atoms with van der Waals surface area (Å²) in [6.45, 7) is 11.9. The Labute approximate surface area is 131 Å². The topological polar surface area (TPSA) is 34.1 Å². The average molecular weight is 304 g/mol. The molecule has 1 N–H and O–H groups in total. The summed E-state index contributed by atoms with van der Waals surface area (Å²) in [4.78, 5) is 4.45. The third-order valence-corrected chi connectivity index (χ3v) is 3.96. The normalized spacial score (nSPS) is 11.7. The van der Waals surface area contributed by atoms with E-state index >= 15 is 0 Å². The van der Waals surface area contributed by atoms with Crippen LogP contribution in [0.2, 0.25) is 0 Å². The van der Waals surface area contributed by atoms with Gasteiger partial charge in [0.25, 0.3) is 0 Å². The maximum atomic E-state index is 6.04. The van der Waals surface area contributed by atoms with E-state index in [0.29, 0.717) is 6.61 Å². The first-order valence-electron chi connectivity index (χ1n) is 7.22. The maximum absolute atomic E-state index is 6.04. The van der Waals surface area contributed by atoms with E-state index in [0.717, 1.165) is 28.6 Å². The van der Waals surface area contributed by atoms with Crippen molar-refractivity contribution in [3.63, 3.8) is 0 Å². The Bertz CT molecular complexity index is 599. The number of aromatic nitrogens is 1. The zero-order chi connectivity index (χ0) is 15.5. The van der Waals surface area contributed by atoms with Crippen LogP contribution < -0.4 is 10.1 Å². The number of ether oxygens (including phenoxy) is 1. The van der Waals surface area contributed by atoms with E-state index in [-0.39, 0.29) is 5.54 Å². The Morgan fingerprint density at radius 1 is 1.24 bits per heavy atom. The minimum absolute atomic E-state index is 0.0903. The molecule has 0 unspecified atom stereocenters. The molecular weight excluding hydrogens is 280 g/mol. The molecule has 0 aliphatic rings. The summed E-state index contributed by atoms with van der Waals surface area (Å²) in [5.74, 6) is 0.972. The molecule has 1 aromatic heterocycles. The third kappa shape index (κ3) is 4.83. The van der Waals surface area contributed by atoms with Crippen LogP contribution in [-0.4, -0.2) is 10.5 Å². The first kappa shape index (κ1) is 16.0. The van der Waals surface area contributed by atoms with E-state index in [4.69, 9.17) is 4.74 Å². The molecule has 0 aliphatic heterocycles. The van der Waals surface area contributed by atoms with Crippen molar-refractivity contribution in [1.82, 2.24) is 10.3 Å². The first-order chi connectivity index (χ1) is 9.85. The number of rotatable bonds is 5. The summed E-state index contributed by atoms with van der Waals surface area (Å²) in [5, 5.41) is 6.65. The van der Waals surface area contributed by atoms with Crippen LogP contribution in [0.3, 0.4) is 0 Å². The highest BCUT2D eigenvalue weighted by Gasteiger charge is 2.12. The fourth-order valence-electron chi connectivity index (χ4n) is 2.04. The van der Waals surface area contributed by atoms with Gasteiger partial charge in [0, 0.05) is 23.0 Å². The Morgan fingerprint density at radius 3 is 2.62 bits per heavy atom. The number of benzene rings is 1. The number of aryl methyl sites for hydroxylation is 2. The van der Waals surface area contributed by atoms with Crippen LogP contribution in [0.25, 0.3) is 0 Å². The monoisotopic (exact) mass is 304 g/mol. The van der Waals surface area contributed by atoms with Gasteiger partial charge in [0.2, 0.25) is 0 Å². The summed E-state index contributed by atoms with van der Waals surface area (Å²) < 4.78 is 6.04. The molecule has 4 heteroatoms. The summed E-state index contributed by atoms with van der Waals surface area (Å²) in [7, 11) is 0. The van der Waals surface area contributed by atoms with Crippen LogP contribution >= 0.6 is 11.3 Å². The van der Waals surface area contributed by atoms with E-state index in [1.54, 1.807) is 11.3 Å². The summed E-state index contributed by atoms with van der Waals surface area (Å²) in [6.07, 6.45) is 0. The van der Waals surface area contributed by atoms with Gasteiger partial charge in [-0.25, -0.2) is 4.98 Å². The first-order valence-corrected chi connectivity index (χ1v) is 8.10. The largest absolute Gasteiger partial charge is 0.487 e. The summed E-state index contributed by atoms with van der Waals surface area (Å²) in [6, 6.07) is 6.28. The number of para-hydroxylation sites is 1. The number of thiazole rings is 1. The van der Waals surface area contributed by atoms with Crippen LogP contribution in [-0.2, 0) is 13.2 Å². The molecule has 2 aromatic rings. The molecule has 0 fully saturated rings. The zero-order valence-electron chi connectivity index (χ0n) is 13.5. The molecule has 0 spiro atoms. The Balaban J connectivity index is 2.10. The number of hydrogen-bond acceptors (Lipinski definition) is 4. The van der Waals surface area contributed by atoms with Gasteiger partial charge in [-0.1, -0.05) is 18.2 Å². The molecule has 1 aromatic carbocycles. The molecule has 0 bridgehead atoms. The average Bonchev–Trinajstić information content (AvgIpc) is 2.80.